The predicted molar refractivity (Wildman–Crippen MR) is 82.3 cm³/mol. The average Bonchev–Trinajstić information content (AvgIpc) is 2.39. The molecule has 1 aromatic rings. The van der Waals surface area contributed by atoms with E-state index in [-0.39, 0.29) is 5.82 Å². The molecule has 20 heavy (non-hydrogen) atoms. The lowest BCUT2D eigenvalue weighted by atomic mass is 9.88. The van der Waals surface area contributed by atoms with Gasteiger partial charge in [0.05, 0.1) is 0 Å². The van der Waals surface area contributed by atoms with Crippen LogP contribution in [0.15, 0.2) is 24.3 Å². The summed E-state index contributed by atoms with van der Waals surface area (Å²) in [5, 5.41) is 3.49. The van der Waals surface area contributed by atoms with Crippen molar-refractivity contribution in [3.05, 3.63) is 35.6 Å². The van der Waals surface area contributed by atoms with Gasteiger partial charge in [-0.15, -0.1) is 0 Å². The molecule has 0 aromatic heterocycles. The quantitative estimate of drug-likeness (QED) is 0.748. The molecule has 0 saturated carbocycles. The van der Waals surface area contributed by atoms with Crippen LogP contribution in [0.4, 0.5) is 4.39 Å². The fourth-order valence-electron chi connectivity index (χ4n) is 2.38. The standard InChI is InChI=1S/C17H28FNO/c1-13(2)10-19-11-16(14(3)12-20-4)9-15-7-5-6-8-17(15)18/h5-8,13-14,16,19H,9-12H2,1-4H3. The molecular formula is C17H28FNO. The maximum atomic E-state index is 13.8. The Morgan fingerprint density at radius 1 is 1.15 bits per heavy atom. The molecule has 1 N–H and O–H groups in total. The van der Waals surface area contributed by atoms with Crippen molar-refractivity contribution in [3.8, 4) is 0 Å². The molecule has 0 aliphatic carbocycles. The molecule has 0 aliphatic heterocycles. The lowest BCUT2D eigenvalue weighted by Crippen LogP contribution is -2.32. The molecular weight excluding hydrogens is 253 g/mol. The van der Waals surface area contributed by atoms with E-state index >= 15 is 0 Å². The van der Waals surface area contributed by atoms with E-state index in [1.807, 2.05) is 12.1 Å². The third-order valence-electron chi connectivity index (χ3n) is 3.63. The van der Waals surface area contributed by atoms with E-state index in [1.165, 1.54) is 6.07 Å². The minimum Gasteiger partial charge on any atom is -0.384 e. The molecule has 0 spiro atoms. The first kappa shape index (κ1) is 17.1. The molecule has 2 unspecified atom stereocenters. The highest BCUT2D eigenvalue weighted by atomic mass is 19.1. The van der Waals surface area contributed by atoms with Gasteiger partial charge in [-0.1, -0.05) is 39.0 Å². The lowest BCUT2D eigenvalue weighted by molar-refractivity contribution is 0.127. The monoisotopic (exact) mass is 281 g/mol. The molecule has 1 rings (SSSR count). The van der Waals surface area contributed by atoms with Gasteiger partial charge in [-0.25, -0.2) is 4.39 Å². The third-order valence-corrected chi connectivity index (χ3v) is 3.63. The van der Waals surface area contributed by atoms with Crippen molar-refractivity contribution in [2.45, 2.75) is 27.2 Å². The molecule has 2 nitrogen and oxygen atoms in total. The van der Waals surface area contributed by atoms with E-state index in [2.05, 4.69) is 26.1 Å². The zero-order valence-electron chi connectivity index (χ0n) is 13.2. The summed E-state index contributed by atoms with van der Waals surface area (Å²) in [6.07, 6.45) is 0.752. The highest BCUT2D eigenvalue weighted by Crippen LogP contribution is 2.19. The second-order valence-corrected chi connectivity index (χ2v) is 6.04. The Morgan fingerprint density at radius 3 is 2.45 bits per heavy atom. The van der Waals surface area contributed by atoms with Crippen molar-refractivity contribution in [3.63, 3.8) is 0 Å². The van der Waals surface area contributed by atoms with Gasteiger partial charge in [-0.2, -0.15) is 0 Å². The van der Waals surface area contributed by atoms with E-state index in [1.54, 1.807) is 13.2 Å². The van der Waals surface area contributed by atoms with Gasteiger partial charge in [-0.3, -0.25) is 0 Å². The van der Waals surface area contributed by atoms with Crippen LogP contribution in [-0.2, 0) is 11.2 Å². The molecule has 0 saturated heterocycles. The van der Waals surface area contributed by atoms with Crippen LogP contribution < -0.4 is 5.32 Å². The molecule has 0 bridgehead atoms. The summed E-state index contributed by atoms with van der Waals surface area (Å²) < 4.78 is 19.1. The summed E-state index contributed by atoms with van der Waals surface area (Å²) in [7, 11) is 1.72. The van der Waals surface area contributed by atoms with Crippen molar-refractivity contribution >= 4 is 0 Å². The Balaban J connectivity index is 2.64. The van der Waals surface area contributed by atoms with Crippen LogP contribution in [0.25, 0.3) is 0 Å². The second-order valence-electron chi connectivity index (χ2n) is 6.04. The van der Waals surface area contributed by atoms with Crippen LogP contribution in [0.1, 0.15) is 26.3 Å². The van der Waals surface area contributed by atoms with Crippen LogP contribution in [-0.4, -0.2) is 26.8 Å². The molecule has 0 aliphatic rings. The summed E-state index contributed by atoms with van der Waals surface area (Å²) in [6, 6.07) is 7.06. The SMILES string of the molecule is COCC(C)C(CNCC(C)C)Cc1ccccc1F. The van der Waals surface area contributed by atoms with E-state index in [9.17, 15) is 4.39 Å². The number of rotatable bonds is 9. The van der Waals surface area contributed by atoms with Gasteiger partial charge in [0.15, 0.2) is 0 Å². The molecule has 2 atom stereocenters. The largest absolute Gasteiger partial charge is 0.384 e. The van der Waals surface area contributed by atoms with Gasteiger partial charge < -0.3 is 10.1 Å². The zero-order valence-corrected chi connectivity index (χ0v) is 13.2. The summed E-state index contributed by atoms with van der Waals surface area (Å²) in [5.41, 5.74) is 0.798. The van der Waals surface area contributed by atoms with E-state index in [0.29, 0.717) is 24.4 Å². The summed E-state index contributed by atoms with van der Waals surface area (Å²) in [5.74, 6) is 1.30. The van der Waals surface area contributed by atoms with Crippen molar-refractivity contribution in [2.75, 3.05) is 26.8 Å². The smallest absolute Gasteiger partial charge is 0.126 e. The first-order chi connectivity index (χ1) is 9.54. The minimum atomic E-state index is -0.106. The summed E-state index contributed by atoms with van der Waals surface area (Å²) >= 11 is 0. The molecule has 0 heterocycles. The van der Waals surface area contributed by atoms with Gasteiger partial charge in [0.2, 0.25) is 0 Å². The third kappa shape index (κ3) is 6.02. The number of benzene rings is 1. The maximum absolute atomic E-state index is 13.8. The predicted octanol–water partition coefficient (Wildman–Crippen LogP) is 3.51. The molecule has 114 valence electrons. The van der Waals surface area contributed by atoms with Crippen molar-refractivity contribution < 1.29 is 9.13 Å². The van der Waals surface area contributed by atoms with Gasteiger partial charge in [0.25, 0.3) is 0 Å². The van der Waals surface area contributed by atoms with Crippen molar-refractivity contribution in [1.82, 2.24) is 5.32 Å². The Labute approximate surface area is 122 Å². The van der Waals surface area contributed by atoms with Gasteiger partial charge >= 0.3 is 0 Å². The first-order valence-electron chi connectivity index (χ1n) is 7.47. The second kappa shape index (κ2) is 9.09. The van der Waals surface area contributed by atoms with Gasteiger partial charge in [0, 0.05) is 13.7 Å². The fraction of sp³-hybridized carbons (Fsp3) is 0.647. The minimum absolute atomic E-state index is 0.106. The average molecular weight is 281 g/mol. The van der Waals surface area contributed by atoms with E-state index in [4.69, 9.17) is 4.74 Å². The van der Waals surface area contributed by atoms with E-state index in [0.717, 1.165) is 25.1 Å². The number of ether oxygens (including phenoxy) is 1. The van der Waals surface area contributed by atoms with Crippen LogP contribution >= 0.6 is 0 Å². The lowest BCUT2D eigenvalue weighted by Gasteiger charge is -2.25. The van der Waals surface area contributed by atoms with Crippen LogP contribution in [0.3, 0.4) is 0 Å². The van der Waals surface area contributed by atoms with Gasteiger partial charge in [0.1, 0.15) is 5.82 Å². The summed E-state index contributed by atoms with van der Waals surface area (Å²) in [4.78, 5) is 0. The number of halogens is 1. The number of methoxy groups -OCH3 is 1. The Hall–Kier alpha value is -0.930. The normalized spacial score (nSPS) is 14.5. The van der Waals surface area contributed by atoms with Crippen LogP contribution in [0.5, 0.6) is 0 Å². The topological polar surface area (TPSA) is 21.3 Å². The highest BCUT2D eigenvalue weighted by Gasteiger charge is 2.19. The molecule has 0 radical (unpaired) electrons. The van der Waals surface area contributed by atoms with Crippen LogP contribution in [0, 0.1) is 23.6 Å². The number of hydrogen-bond donors (Lipinski definition) is 1. The number of nitrogens with one attached hydrogen (secondary N) is 1. The first-order valence-corrected chi connectivity index (χ1v) is 7.47. The number of hydrogen-bond acceptors (Lipinski definition) is 2. The fourth-order valence-corrected chi connectivity index (χ4v) is 2.38. The Bertz CT molecular complexity index is 381. The van der Waals surface area contributed by atoms with Crippen LogP contribution in [0.2, 0.25) is 0 Å². The maximum Gasteiger partial charge on any atom is 0.126 e. The van der Waals surface area contributed by atoms with Crippen molar-refractivity contribution in [2.24, 2.45) is 17.8 Å². The van der Waals surface area contributed by atoms with Gasteiger partial charge in [-0.05, 0) is 48.9 Å². The zero-order chi connectivity index (χ0) is 15.0. The molecule has 0 amide bonds. The molecule has 1 aromatic carbocycles. The summed E-state index contributed by atoms with van der Waals surface area (Å²) in [6.45, 7) is 9.16. The Morgan fingerprint density at radius 2 is 1.85 bits per heavy atom. The Kier molecular flexibility index (Phi) is 7.78. The molecule has 3 heteroatoms. The molecule has 0 fully saturated rings. The highest BCUT2D eigenvalue weighted by molar-refractivity contribution is 5.18. The van der Waals surface area contributed by atoms with Crippen molar-refractivity contribution in [1.29, 1.82) is 0 Å². The van der Waals surface area contributed by atoms with E-state index < -0.39 is 0 Å².